The van der Waals surface area contributed by atoms with Crippen LogP contribution in [0.1, 0.15) is 11.3 Å². The topological polar surface area (TPSA) is 63.8 Å². The van der Waals surface area contributed by atoms with E-state index in [2.05, 4.69) is 15.3 Å². The number of fused-ring (bicyclic) bond motifs is 1. The quantitative estimate of drug-likeness (QED) is 0.726. The first-order valence-corrected chi connectivity index (χ1v) is 6.93. The van der Waals surface area contributed by atoms with Crippen molar-refractivity contribution in [1.82, 2.24) is 9.97 Å². The van der Waals surface area contributed by atoms with Crippen molar-refractivity contribution in [2.75, 3.05) is 5.32 Å². The summed E-state index contributed by atoms with van der Waals surface area (Å²) in [4.78, 5) is 9.01. The number of hydrogen-bond donors (Lipinski definition) is 2. The summed E-state index contributed by atoms with van der Waals surface area (Å²) < 4.78 is 0. The summed E-state index contributed by atoms with van der Waals surface area (Å²) >= 11 is 5.09. The maximum Gasteiger partial charge on any atom is 0.106 e. The number of nitrogens with two attached hydrogens (primary N) is 1. The lowest BCUT2D eigenvalue weighted by Gasteiger charge is -2.13. The third-order valence-electron chi connectivity index (χ3n) is 3.20. The minimum Gasteiger partial charge on any atom is -0.389 e. The van der Waals surface area contributed by atoms with E-state index in [1.807, 2.05) is 37.3 Å². The molecule has 0 saturated carbocycles. The Kier molecular flexibility index (Phi) is 3.50. The molecule has 0 radical (unpaired) electrons. The van der Waals surface area contributed by atoms with Crippen molar-refractivity contribution in [1.29, 1.82) is 0 Å². The van der Waals surface area contributed by atoms with Gasteiger partial charge in [-0.3, -0.25) is 9.97 Å². The van der Waals surface area contributed by atoms with Crippen molar-refractivity contribution in [2.24, 2.45) is 5.73 Å². The number of hydrogen-bond acceptors (Lipinski definition) is 4. The van der Waals surface area contributed by atoms with Crippen molar-refractivity contribution in [3.05, 3.63) is 60.0 Å². The van der Waals surface area contributed by atoms with E-state index in [1.54, 1.807) is 18.5 Å². The van der Waals surface area contributed by atoms with Gasteiger partial charge in [0.25, 0.3) is 0 Å². The molecule has 3 rings (SSSR count). The molecule has 0 unspecified atom stereocenters. The number of nitrogens with one attached hydrogen (secondary N) is 1. The predicted molar refractivity (Wildman–Crippen MR) is 89.9 cm³/mol. The van der Waals surface area contributed by atoms with Gasteiger partial charge in [0.15, 0.2) is 0 Å². The number of rotatable bonds is 3. The number of para-hydroxylation sites is 1. The molecule has 3 N–H and O–H groups in total. The minimum atomic E-state index is 0.343. The first kappa shape index (κ1) is 13.5. The average molecular weight is 294 g/mol. The lowest BCUT2D eigenvalue weighted by atomic mass is 10.1. The maximum absolute atomic E-state index is 5.76. The second kappa shape index (κ2) is 5.46. The van der Waals surface area contributed by atoms with Crippen LogP contribution in [0, 0.1) is 6.92 Å². The Morgan fingerprint density at radius 3 is 2.81 bits per heavy atom. The zero-order chi connectivity index (χ0) is 14.8. The Labute approximate surface area is 128 Å². The van der Waals surface area contributed by atoms with Gasteiger partial charge in [0.1, 0.15) is 4.99 Å². The molecule has 2 aromatic heterocycles. The van der Waals surface area contributed by atoms with Crippen LogP contribution in [0.2, 0.25) is 0 Å². The van der Waals surface area contributed by atoms with Gasteiger partial charge in [0, 0.05) is 28.5 Å². The first-order chi connectivity index (χ1) is 10.1. The van der Waals surface area contributed by atoms with Crippen LogP contribution in [0.4, 0.5) is 11.4 Å². The van der Waals surface area contributed by atoms with Crippen molar-refractivity contribution in [2.45, 2.75) is 6.92 Å². The second-order valence-electron chi connectivity index (χ2n) is 4.74. The molecule has 0 aliphatic heterocycles. The van der Waals surface area contributed by atoms with Crippen molar-refractivity contribution in [3.63, 3.8) is 0 Å². The van der Waals surface area contributed by atoms with Gasteiger partial charge in [-0.15, -0.1) is 0 Å². The molecule has 0 aliphatic carbocycles. The average Bonchev–Trinajstić information content (AvgIpc) is 2.47. The number of anilines is 2. The Balaban J connectivity index is 2.13. The Morgan fingerprint density at radius 2 is 2.00 bits per heavy atom. The molecule has 0 atom stereocenters. The highest BCUT2D eigenvalue weighted by Crippen LogP contribution is 2.27. The third kappa shape index (κ3) is 2.68. The van der Waals surface area contributed by atoms with E-state index in [0.717, 1.165) is 33.5 Å². The van der Waals surface area contributed by atoms with Gasteiger partial charge in [-0.25, -0.2) is 0 Å². The zero-order valence-electron chi connectivity index (χ0n) is 11.5. The zero-order valence-corrected chi connectivity index (χ0v) is 12.3. The minimum absolute atomic E-state index is 0.343. The molecule has 2 heterocycles. The van der Waals surface area contributed by atoms with E-state index in [4.69, 9.17) is 18.0 Å². The summed E-state index contributed by atoms with van der Waals surface area (Å²) in [5.41, 5.74) is 10.2. The van der Waals surface area contributed by atoms with Gasteiger partial charge in [0.05, 0.1) is 17.4 Å². The number of thiocarbonyl (C=S) groups is 1. The van der Waals surface area contributed by atoms with Crippen LogP contribution in [0.3, 0.4) is 0 Å². The highest BCUT2D eigenvalue weighted by molar-refractivity contribution is 7.80. The molecule has 1 aromatic carbocycles. The molecule has 0 bridgehead atoms. The van der Waals surface area contributed by atoms with E-state index in [0.29, 0.717) is 4.99 Å². The normalized spacial score (nSPS) is 10.5. The Morgan fingerprint density at radius 1 is 1.19 bits per heavy atom. The summed E-state index contributed by atoms with van der Waals surface area (Å²) in [6, 6.07) is 11.8. The molecular formula is C16H14N4S. The van der Waals surface area contributed by atoms with Crippen LogP contribution < -0.4 is 11.1 Å². The fraction of sp³-hybridized carbons (Fsp3) is 0.0625. The van der Waals surface area contributed by atoms with Gasteiger partial charge in [-0.05, 0) is 25.1 Å². The van der Waals surface area contributed by atoms with E-state index in [9.17, 15) is 0 Å². The third-order valence-corrected chi connectivity index (χ3v) is 3.42. The fourth-order valence-electron chi connectivity index (χ4n) is 2.27. The van der Waals surface area contributed by atoms with Gasteiger partial charge >= 0.3 is 0 Å². The number of aromatic nitrogens is 2. The van der Waals surface area contributed by atoms with E-state index >= 15 is 0 Å². The number of nitrogens with zero attached hydrogens (tertiary/aromatic N) is 2. The van der Waals surface area contributed by atoms with Crippen LogP contribution in [-0.4, -0.2) is 15.0 Å². The van der Waals surface area contributed by atoms with Crippen molar-refractivity contribution < 1.29 is 0 Å². The van der Waals surface area contributed by atoms with Crippen LogP contribution in [0.15, 0.2) is 48.8 Å². The van der Waals surface area contributed by atoms with Gasteiger partial charge in [0.2, 0.25) is 0 Å². The Hall–Kier alpha value is -2.53. The molecule has 0 saturated heterocycles. The lowest BCUT2D eigenvalue weighted by Crippen LogP contribution is -2.12. The summed E-state index contributed by atoms with van der Waals surface area (Å²) in [6.07, 6.45) is 3.40. The molecule has 0 aliphatic rings. The van der Waals surface area contributed by atoms with Crippen LogP contribution in [-0.2, 0) is 0 Å². The standard InChI is InChI=1S/C16H14N4S/c1-10-8-14(11-4-2-3-5-13(11)19-10)20-15-9-18-7-6-12(15)16(17)21/h2-9H,1H3,(H2,17,21)(H,19,20). The molecule has 5 heteroatoms. The predicted octanol–water partition coefficient (Wildman–Crippen LogP) is 3.32. The van der Waals surface area contributed by atoms with Crippen LogP contribution >= 0.6 is 12.2 Å². The molecule has 21 heavy (non-hydrogen) atoms. The molecule has 4 nitrogen and oxygen atoms in total. The summed E-state index contributed by atoms with van der Waals surface area (Å²) in [5, 5.41) is 4.41. The highest BCUT2D eigenvalue weighted by atomic mass is 32.1. The SMILES string of the molecule is Cc1cc(Nc2cnccc2C(N)=S)c2ccccc2n1. The summed E-state index contributed by atoms with van der Waals surface area (Å²) in [7, 11) is 0. The smallest absolute Gasteiger partial charge is 0.106 e. The Bertz CT molecular complexity index is 829. The summed E-state index contributed by atoms with van der Waals surface area (Å²) in [6.45, 7) is 1.97. The molecule has 3 aromatic rings. The van der Waals surface area contributed by atoms with Gasteiger partial charge in [-0.2, -0.15) is 0 Å². The lowest BCUT2D eigenvalue weighted by molar-refractivity contribution is 1.25. The number of benzene rings is 1. The van der Waals surface area contributed by atoms with E-state index in [1.165, 1.54) is 0 Å². The van der Waals surface area contributed by atoms with E-state index in [-0.39, 0.29) is 0 Å². The van der Waals surface area contributed by atoms with Crippen molar-refractivity contribution in [3.8, 4) is 0 Å². The molecule has 104 valence electrons. The monoisotopic (exact) mass is 294 g/mol. The highest BCUT2D eigenvalue weighted by Gasteiger charge is 2.08. The van der Waals surface area contributed by atoms with Crippen molar-refractivity contribution >= 4 is 39.5 Å². The number of aryl methyl sites for hydroxylation is 1. The molecule has 0 amide bonds. The maximum atomic E-state index is 5.76. The van der Waals surface area contributed by atoms with Crippen LogP contribution in [0.25, 0.3) is 10.9 Å². The van der Waals surface area contributed by atoms with Gasteiger partial charge in [-0.1, -0.05) is 30.4 Å². The largest absolute Gasteiger partial charge is 0.389 e. The van der Waals surface area contributed by atoms with E-state index < -0.39 is 0 Å². The molecular weight excluding hydrogens is 280 g/mol. The first-order valence-electron chi connectivity index (χ1n) is 6.52. The summed E-state index contributed by atoms with van der Waals surface area (Å²) in [5.74, 6) is 0. The second-order valence-corrected chi connectivity index (χ2v) is 5.18. The van der Waals surface area contributed by atoms with Gasteiger partial charge < -0.3 is 11.1 Å². The molecule has 0 fully saturated rings. The number of pyridine rings is 2. The van der Waals surface area contributed by atoms with Crippen LogP contribution in [0.5, 0.6) is 0 Å². The fourth-order valence-corrected chi connectivity index (χ4v) is 2.44. The molecule has 0 spiro atoms.